The fourth-order valence-corrected chi connectivity index (χ4v) is 2.22. The quantitative estimate of drug-likeness (QED) is 0.746. The summed E-state index contributed by atoms with van der Waals surface area (Å²) in [6.45, 7) is 7.11. The average molecular weight is 269 g/mol. The Balaban J connectivity index is 2.55. The van der Waals surface area contributed by atoms with E-state index in [0.29, 0.717) is 11.4 Å². The molecule has 2 nitrogen and oxygen atoms in total. The van der Waals surface area contributed by atoms with Gasteiger partial charge in [-0.3, -0.25) is 0 Å². The molecule has 0 saturated heterocycles. The first-order valence-corrected chi connectivity index (χ1v) is 6.76. The molecule has 2 rings (SSSR count). The zero-order valence-corrected chi connectivity index (χ0v) is 11.7. The van der Waals surface area contributed by atoms with Crippen LogP contribution < -0.4 is 0 Å². The van der Waals surface area contributed by atoms with E-state index in [9.17, 15) is 4.39 Å². The van der Waals surface area contributed by atoms with Gasteiger partial charge >= 0.3 is 0 Å². The number of benzene rings is 1. The number of hydrogen-bond donors (Lipinski definition) is 0. The lowest BCUT2D eigenvalue weighted by molar-refractivity contribution is 0.465. The van der Waals surface area contributed by atoms with Crippen LogP contribution in [0, 0.1) is 11.7 Å². The number of alkyl halides is 1. The van der Waals surface area contributed by atoms with Crippen molar-refractivity contribution in [2.45, 2.75) is 39.1 Å². The van der Waals surface area contributed by atoms with Gasteiger partial charge in [0.15, 0.2) is 0 Å². The van der Waals surface area contributed by atoms with Crippen LogP contribution >= 0.6 is 11.6 Å². The van der Waals surface area contributed by atoms with Crippen LogP contribution in [0.3, 0.4) is 0 Å². The molecule has 0 radical (unpaired) electrons. The summed E-state index contributed by atoms with van der Waals surface area (Å²) in [5, 5.41) is -0.176. The van der Waals surface area contributed by atoms with E-state index in [1.807, 2.05) is 6.92 Å². The molecule has 18 heavy (non-hydrogen) atoms. The highest BCUT2D eigenvalue weighted by Gasteiger charge is 2.16. The molecular weight excluding hydrogens is 251 g/mol. The van der Waals surface area contributed by atoms with E-state index >= 15 is 0 Å². The summed E-state index contributed by atoms with van der Waals surface area (Å²) >= 11 is 6.17. The van der Waals surface area contributed by atoms with Gasteiger partial charge in [0.1, 0.15) is 11.6 Å². The predicted octanol–water partition coefficient (Wildman–Crippen LogP) is 4.52. The van der Waals surface area contributed by atoms with E-state index in [2.05, 4.69) is 23.4 Å². The molecule has 0 aliphatic heterocycles. The van der Waals surface area contributed by atoms with Gasteiger partial charge in [0.05, 0.1) is 16.4 Å². The molecule has 2 aromatic rings. The minimum absolute atomic E-state index is 0.176. The maximum absolute atomic E-state index is 13.2. The molecule has 0 fully saturated rings. The number of nitrogens with zero attached hydrogens (tertiary/aromatic N) is 2. The highest BCUT2D eigenvalue weighted by atomic mass is 35.5. The fraction of sp³-hybridized carbons (Fsp3) is 0.500. The van der Waals surface area contributed by atoms with Crippen molar-refractivity contribution in [3.05, 3.63) is 29.8 Å². The van der Waals surface area contributed by atoms with E-state index in [0.717, 1.165) is 24.3 Å². The second-order valence-electron chi connectivity index (χ2n) is 4.84. The van der Waals surface area contributed by atoms with Gasteiger partial charge in [0.25, 0.3) is 0 Å². The molecule has 0 aliphatic rings. The molecule has 2 unspecified atom stereocenters. The smallest absolute Gasteiger partial charge is 0.127 e. The molecule has 1 aromatic heterocycles. The first-order chi connectivity index (χ1) is 8.52. The van der Waals surface area contributed by atoms with Crippen molar-refractivity contribution in [3.8, 4) is 0 Å². The van der Waals surface area contributed by atoms with Crippen LogP contribution in [-0.2, 0) is 6.54 Å². The van der Waals surface area contributed by atoms with Crippen molar-refractivity contribution in [1.29, 1.82) is 0 Å². The second-order valence-corrected chi connectivity index (χ2v) is 5.50. The van der Waals surface area contributed by atoms with E-state index in [4.69, 9.17) is 11.6 Å². The molecular formula is C14H18ClFN2. The lowest BCUT2D eigenvalue weighted by Crippen LogP contribution is -2.10. The van der Waals surface area contributed by atoms with E-state index in [1.165, 1.54) is 12.1 Å². The number of halogens is 2. The highest BCUT2D eigenvalue weighted by Crippen LogP contribution is 2.26. The van der Waals surface area contributed by atoms with Crippen LogP contribution in [-0.4, -0.2) is 9.55 Å². The Hall–Kier alpha value is -1.09. The first kappa shape index (κ1) is 13.3. The minimum Gasteiger partial charge on any atom is -0.326 e. The molecule has 0 amide bonds. The Morgan fingerprint density at radius 2 is 2.11 bits per heavy atom. The molecule has 0 N–H and O–H groups in total. The Morgan fingerprint density at radius 3 is 2.72 bits per heavy atom. The van der Waals surface area contributed by atoms with E-state index in [1.54, 1.807) is 6.07 Å². The van der Waals surface area contributed by atoms with Crippen LogP contribution in [0.5, 0.6) is 0 Å². The molecule has 2 atom stereocenters. The van der Waals surface area contributed by atoms with Crippen LogP contribution in [0.2, 0.25) is 0 Å². The summed E-state index contributed by atoms with van der Waals surface area (Å²) in [7, 11) is 0. The third-order valence-electron chi connectivity index (χ3n) is 3.29. The zero-order valence-electron chi connectivity index (χ0n) is 11.0. The van der Waals surface area contributed by atoms with Crippen molar-refractivity contribution in [2.24, 2.45) is 5.92 Å². The summed E-state index contributed by atoms with van der Waals surface area (Å²) in [4.78, 5) is 4.45. The Labute approximate surface area is 112 Å². The lowest BCUT2D eigenvalue weighted by Gasteiger charge is -2.14. The van der Waals surface area contributed by atoms with Crippen molar-refractivity contribution < 1.29 is 4.39 Å². The molecule has 4 heteroatoms. The Bertz CT molecular complexity index is 548. The SMILES string of the molecule is CCC(C)Cn1c(C(C)Cl)nc2cc(F)ccc21. The summed E-state index contributed by atoms with van der Waals surface area (Å²) in [6, 6.07) is 4.72. The largest absolute Gasteiger partial charge is 0.326 e. The second kappa shape index (κ2) is 5.27. The summed E-state index contributed by atoms with van der Waals surface area (Å²) in [5.74, 6) is 1.10. The van der Waals surface area contributed by atoms with Gasteiger partial charge in [0, 0.05) is 12.6 Å². The molecule has 1 aromatic carbocycles. The standard InChI is InChI=1S/C14H18ClFN2/c1-4-9(2)8-18-13-6-5-11(16)7-12(13)17-14(18)10(3)15/h5-7,9-10H,4,8H2,1-3H3. The number of imidazole rings is 1. The fourth-order valence-electron chi connectivity index (χ4n) is 2.06. The molecule has 98 valence electrons. The number of fused-ring (bicyclic) bond motifs is 1. The van der Waals surface area contributed by atoms with Gasteiger partial charge in [-0.1, -0.05) is 20.3 Å². The van der Waals surface area contributed by atoms with Crippen LogP contribution in [0.15, 0.2) is 18.2 Å². The number of aromatic nitrogens is 2. The van der Waals surface area contributed by atoms with Crippen molar-refractivity contribution in [3.63, 3.8) is 0 Å². The van der Waals surface area contributed by atoms with Crippen molar-refractivity contribution in [1.82, 2.24) is 9.55 Å². The molecule has 1 heterocycles. The van der Waals surface area contributed by atoms with E-state index < -0.39 is 0 Å². The van der Waals surface area contributed by atoms with Gasteiger partial charge in [-0.15, -0.1) is 11.6 Å². The van der Waals surface area contributed by atoms with Gasteiger partial charge in [0.2, 0.25) is 0 Å². The molecule has 0 saturated carbocycles. The predicted molar refractivity (Wildman–Crippen MR) is 73.4 cm³/mol. The number of hydrogen-bond acceptors (Lipinski definition) is 1. The monoisotopic (exact) mass is 268 g/mol. The summed E-state index contributed by atoms with van der Waals surface area (Å²) in [6.07, 6.45) is 1.09. The third kappa shape index (κ3) is 2.51. The highest BCUT2D eigenvalue weighted by molar-refractivity contribution is 6.20. The molecule has 0 aliphatic carbocycles. The number of rotatable bonds is 4. The van der Waals surface area contributed by atoms with Crippen molar-refractivity contribution >= 4 is 22.6 Å². The molecule has 0 spiro atoms. The normalized spacial score (nSPS) is 14.9. The lowest BCUT2D eigenvalue weighted by atomic mass is 10.1. The Kier molecular flexibility index (Phi) is 3.91. The van der Waals surface area contributed by atoms with Gasteiger partial charge in [-0.2, -0.15) is 0 Å². The summed E-state index contributed by atoms with van der Waals surface area (Å²) < 4.78 is 15.3. The zero-order chi connectivity index (χ0) is 13.3. The Morgan fingerprint density at radius 1 is 1.39 bits per heavy atom. The summed E-state index contributed by atoms with van der Waals surface area (Å²) in [5.41, 5.74) is 1.64. The topological polar surface area (TPSA) is 17.8 Å². The van der Waals surface area contributed by atoms with Crippen LogP contribution in [0.4, 0.5) is 4.39 Å². The average Bonchev–Trinajstić information content (AvgIpc) is 2.67. The van der Waals surface area contributed by atoms with Crippen LogP contribution in [0.25, 0.3) is 11.0 Å². The van der Waals surface area contributed by atoms with Crippen molar-refractivity contribution in [2.75, 3.05) is 0 Å². The van der Waals surface area contributed by atoms with Gasteiger partial charge in [-0.05, 0) is 25.0 Å². The maximum Gasteiger partial charge on any atom is 0.127 e. The maximum atomic E-state index is 13.2. The third-order valence-corrected chi connectivity index (χ3v) is 3.48. The van der Waals surface area contributed by atoms with E-state index in [-0.39, 0.29) is 11.2 Å². The first-order valence-electron chi connectivity index (χ1n) is 6.32. The molecule has 0 bridgehead atoms. The minimum atomic E-state index is -0.260. The van der Waals surface area contributed by atoms with Gasteiger partial charge in [-0.25, -0.2) is 9.37 Å². The van der Waals surface area contributed by atoms with Gasteiger partial charge < -0.3 is 4.57 Å². The van der Waals surface area contributed by atoms with Crippen LogP contribution in [0.1, 0.15) is 38.4 Å².